The van der Waals surface area contributed by atoms with Crippen molar-refractivity contribution in [3.8, 4) is 0 Å². The summed E-state index contributed by atoms with van der Waals surface area (Å²) in [6.45, 7) is 4.06. The molecule has 2 heterocycles. The summed E-state index contributed by atoms with van der Waals surface area (Å²) in [4.78, 5) is 0. The van der Waals surface area contributed by atoms with Crippen LogP contribution in [0.25, 0.3) is 0 Å². The van der Waals surface area contributed by atoms with Crippen LogP contribution in [0.4, 0.5) is 0 Å². The standard InChI is InChI=1S/C11H20N4/c1-9(8-12)5-6-11-14-13-10-4-2-3-7-15(10)11/h9H,2-8,12H2,1H3. The first kappa shape index (κ1) is 10.6. The summed E-state index contributed by atoms with van der Waals surface area (Å²) in [5, 5.41) is 8.52. The lowest BCUT2D eigenvalue weighted by Gasteiger charge is -2.15. The van der Waals surface area contributed by atoms with Gasteiger partial charge in [0.25, 0.3) is 0 Å². The van der Waals surface area contributed by atoms with E-state index >= 15 is 0 Å². The van der Waals surface area contributed by atoms with Gasteiger partial charge < -0.3 is 10.3 Å². The van der Waals surface area contributed by atoms with Crippen molar-refractivity contribution < 1.29 is 0 Å². The summed E-state index contributed by atoms with van der Waals surface area (Å²) in [5.74, 6) is 2.92. The molecule has 4 heteroatoms. The average Bonchev–Trinajstić information content (AvgIpc) is 2.69. The monoisotopic (exact) mass is 208 g/mol. The van der Waals surface area contributed by atoms with Crippen LogP contribution >= 0.6 is 0 Å². The third-order valence-electron chi connectivity index (χ3n) is 3.20. The van der Waals surface area contributed by atoms with E-state index in [0.29, 0.717) is 5.92 Å². The lowest BCUT2D eigenvalue weighted by Crippen LogP contribution is -2.15. The van der Waals surface area contributed by atoms with Crippen LogP contribution in [0.15, 0.2) is 0 Å². The molecule has 0 fully saturated rings. The molecular weight excluding hydrogens is 188 g/mol. The van der Waals surface area contributed by atoms with E-state index in [4.69, 9.17) is 5.73 Å². The Morgan fingerprint density at radius 2 is 2.27 bits per heavy atom. The van der Waals surface area contributed by atoms with Crippen LogP contribution in [-0.4, -0.2) is 21.3 Å². The second-order valence-electron chi connectivity index (χ2n) is 4.52. The van der Waals surface area contributed by atoms with Gasteiger partial charge in [0, 0.05) is 19.4 Å². The molecule has 1 atom stereocenters. The van der Waals surface area contributed by atoms with Gasteiger partial charge in [-0.1, -0.05) is 6.92 Å². The number of hydrogen-bond donors (Lipinski definition) is 1. The SMILES string of the molecule is CC(CN)CCc1nnc2n1CCCC2. The molecule has 0 aromatic carbocycles. The summed E-state index contributed by atoms with van der Waals surface area (Å²) in [6, 6.07) is 0. The minimum atomic E-state index is 0.585. The second-order valence-corrected chi connectivity index (χ2v) is 4.52. The zero-order chi connectivity index (χ0) is 10.7. The zero-order valence-corrected chi connectivity index (χ0v) is 9.45. The maximum atomic E-state index is 5.61. The molecule has 2 rings (SSSR count). The Balaban J connectivity index is 1.99. The Morgan fingerprint density at radius 3 is 3.07 bits per heavy atom. The minimum absolute atomic E-state index is 0.585. The van der Waals surface area contributed by atoms with E-state index in [-0.39, 0.29) is 0 Å². The van der Waals surface area contributed by atoms with Crippen LogP contribution in [0.1, 0.15) is 37.8 Å². The van der Waals surface area contributed by atoms with Crippen LogP contribution in [0.5, 0.6) is 0 Å². The van der Waals surface area contributed by atoms with Gasteiger partial charge in [0.1, 0.15) is 11.6 Å². The van der Waals surface area contributed by atoms with Crippen molar-refractivity contribution in [2.75, 3.05) is 6.54 Å². The lowest BCUT2D eigenvalue weighted by molar-refractivity contribution is 0.485. The molecule has 0 saturated carbocycles. The molecule has 1 aromatic heterocycles. The van der Waals surface area contributed by atoms with Gasteiger partial charge in [0.05, 0.1) is 0 Å². The van der Waals surface area contributed by atoms with Crippen molar-refractivity contribution in [2.45, 2.75) is 45.6 Å². The summed E-state index contributed by atoms with van der Waals surface area (Å²) >= 11 is 0. The Bertz CT molecular complexity index is 318. The molecule has 1 aliphatic heterocycles. The predicted octanol–water partition coefficient (Wildman–Crippen LogP) is 1.14. The first-order valence-corrected chi connectivity index (χ1v) is 5.92. The minimum Gasteiger partial charge on any atom is -0.330 e. The van der Waals surface area contributed by atoms with Gasteiger partial charge in [0.15, 0.2) is 0 Å². The fraction of sp³-hybridized carbons (Fsp3) is 0.818. The third kappa shape index (κ3) is 2.37. The van der Waals surface area contributed by atoms with E-state index in [1.807, 2.05) is 0 Å². The van der Waals surface area contributed by atoms with Crippen molar-refractivity contribution in [3.05, 3.63) is 11.6 Å². The molecule has 0 bridgehead atoms. The molecule has 0 radical (unpaired) electrons. The molecule has 0 amide bonds. The van der Waals surface area contributed by atoms with E-state index in [1.165, 1.54) is 18.7 Å². The maximum absolute atomic E-state index is 5.61. The highest BCUT2D eigenvalue weighted by Crippen LogP contribution is 2.16. The maximum Gasteiger partial charge on any atom is 0.133 e. The van der Waals surface area contributed by atoms with Gasteiger partial charge in [-0.2, -0.15) is 0 Å². The van der Waals surface area contributed by atoms with Crippen molar-refractivity contribution in [1.29, 1.82) is 0 Å². The Morgan fingerprint density at radius 1 is 1.40 bits per heavy atom. The van der Waals surface area contributed by atoms with Crippen molar-refractivity contribution >= 4 is 0 Å². The van der Waals surface area contributed by atoms with E-state index in [2.05, 4.69) is 21.7 Å². The highest BCUT2D eigenvalue weighted by molar-refractivity contribution is 4.99. The Hall–Kier alpha value is -0.900. The summed E-state index contributed by atoms with van der Waals surface area (Å²) in [7, 11) is 0. The fourth-order valence-electron chi connectivity index (χ4n) is 2.05. The molecule has 2 N–H and O–H groups in total. The smallest absolute Gasteiger partial charge is 0.133 e. The molecule has 0 aliphatic carbocycles. The molecule has 15 heavy (non-hydrogen) atoms. The average molecular weight is 208 g/mol. The molecule has 0 saturated heterocycles. The van der Waals surface area contributed by atoms with Crippen LogP contribution in [0, 0.1) is 5.92 Å². The van der Waals surface area contributed by atoms with Gasteiger partial charge in [-0.25, -0.2) is 0 Å². The first-order valence-electron chi connectivity index (χ1n) is 5.92. The van der Waals surface area contributed by atoms with Crippen LogP contribution in [0.3, 0.4) is 0 Å². The Kier molecular flexibility index (Phi) is 3.36. The Labute approximate surface area is 90.9 Å². The highest BCUT2D eigenvalue weighted by atomic mass is 15.3. The summed E-state index contributed by atoms with van der Waals surface area (Å²) < 4.78 is 2.30. The molecular formula is C11H20N4. The second kappa shape index (κ2) is 4.75. The summed E-state index contributed by atoms with van der Waals surface area (Å²) in [5.41, 5.74) is 5.61. The third-order valence-corrected chi connectivity index (χ3v) is 3.20. The van der Waals surface area contributed by atoms with Crippen LogP contribution < -0.4 is 5.73 Å². The molecule has 1 unspecified atom stereocenters. The fourth-order valence-corrected chi connectivity index (χ4v) is 2.05. The van der Waals surface area contributed by atoms with E-state index in [0.717, 1.165) is 38.2 Å². The van der Waals surface area contributed by atoms with E-state index in [1.54, 1.807) is 0 Å². The molecule has 1 aromatic rings. The van der Waals surface area contributed by atoms with Crippen LogP contribution in [-0.2, 0) is 19.4 Å². The van der Waals surface area contributed by atoms with Crippen molar-refractivity contribution in [3.63, 3.8) is 0 Å². The topological polar surface area (TPSA) is 56.7 Å². The normalized spacial score (nSPS) is 17.5. The number of aromatic nitrogens is 3. The van der Waals surface area contributed by atoms with Crippen molar-refractivity contribution in [2.24, 2.45) is 11.7 Å². The molecule has 4 nitrogen and oxygen atoms in total. The number of nitrogens with zero attached hydrogens (tertiary/aromatic N) is 3. The van der Waals surface area contributed by atoms with E-state index in [9.17, 15) is 0 Å². The molecule has 1 aliphatic rings. The van der Waals surface area contributed by atoms with E-state index < -0.39 is 0 Å². The highest BCUT2D eigenvalue weighted by Gasteiger charge is 2.15. The first-order chi connectivity index (χ1) is 7.31. The number of hydrogen-bond acceptors (Lipinski definition) is 3. The van der Waals surface area contributed by atoms with Gasteiger partial charge in [-0.3, -0.25) is 0 Å². The van der Waals surface area contributed by atoms with Gasteiger partial charge in [-0.05, 0) is 31.7 Å². The number of aryl methyl sites for hydroxylation is 2. The van der Waals surface area contributed by atoms with Gasteiger partial charge in [0.2, 0.25) is 0 Å². The summed E-state index contributed by atoms with van der Waals surface area (Å²) in [6.07, 6.45) is 5.77. The molecule has 84 valence electrons. The van der Waals surface area contributed by atoms with Gasteiger partial charge in [-0.15, -0.1) is 10.2 Å². The molecule has 0 spiro atoms. The van der Waals surface area contributed by atoms with Gasteiger partial charge >= 0.3 is 0 Å². The van der Waals surface area contributed by atoms with Crippen LogP contribution in [0.2, 0.25) is 0 Å². The number of rotatable bonds is 4. The largest absolute Gasteiger partial charge is 0.330 e. The van der Waals surface area contributed by atoms with Crippen molar-refractivity contribution in [1.82, 2.24) is 14.8 Å². The number of fused-ring (bicyclic) bond motifs is 1. The quantitative estimate of drug-likeness (QED) is 0.807. The zero-order valence-electron chi connectivity index (χ0n) is 9.45. The number of nitrogens with two attached hydrogens (primary N) is 1. The lowest BCUT2D eigenvalue weighted by atomic mass is 10.1. The predicted molar refractivity (Wildman–Crippen MR) is 59.5 cm³/mol.